The third-order valence-corrected chi connectivity index (χ3v) is 0.941. The second kappa shape index (κ2) is 3.22. The van der Waals surface area contributed by atoms with Gasteiger partial charge in [-0.3, -0.25) is 0 Å². The minimum absolute atomic E-state index is 0.588. The van der Waals surface area contributed by atoms with Gasteiger partial charge in [-0.25, -0.2) is 0 Å². The summed E-state index contributed by atoms with van der Waals surface area (Å²) in [7, 11) is 2.10. The molecule has 1 atom stereocenters. The quantitative estimate of drug-likeness (QED) is 0.484. The zero-order valence-electron chi connectivity index (χ0n) is 4.44. The maximum atomic E-state index is 5.25. The van der Waals surface area contributed by atoms with E-state index in [0.29, 0.717) is 5.82 Å². The standard InChI is InChI=1S/C4H11BN/c1-4(3-6)5-2/h4H,3,6H2,1-2H3/t4-/m1/s1. The Hall–Kier alpha value is 0.0249. The molecule has 0 fully saturated rings. The van der Waals surface area contributed by atoms with Gasteiger partial charge in [-0.15, -0.1) is 0 Å². The molecule has 1 nitrogen and oxygen atoms in total. The van der Waals surface area contributed by atoms with Crippen molar-refractivity contribution in [2.24, 2.45) is 5.73 Å². The second-order valence-corrected chi connectivity index (χ2v) is 1.55. The first kappa shape index (κ1) is 6.02. The molecule has 1 radical (unpaired) electrons. The molecule has 35 valence electrons. The van der Waals surface area contributed by atoms with E-state index >= 15 is 0 Å². The maximum absolute atomic E-state index is 5.25. The molecule has 0 saturated heterocycles. The van der Waals surface area contributed by atoms with Crippen LogP contribution in [0.25, 0.3) is 0 Å². The first-order valence-corrected chi connectivity index (χ1v) is 2.30. The average Bonchev–Trinajstić information content (AvgIpc) is 1.65. The fourth-order valence-corrected chi connectivity index (χ4v) is 0.136. The highest BCUT2D eigenvalue weighted by atomic mass is 14.5. The highest BCUT2D eigenvalue weighted by molar-refractivity contribution is 6.35. The van der Waals surface area contributed by atoms with Gasteiger partial charge in [0.25, 0.3) is 0 Å². The van der Waals surface area contributed by atoms with Crippen molar-refractivity contribution in [2.45, 2.75) is 19.6 Å². The summed E-state index contributed by atoms with van der Waals surface area (Å²) in [5, 5.41) is 0. The van der Waals surface area contributed by atoms with Crippen LogP contribution in [0.1, 0.15) is 6.92 Å². The highest BCUT2D eigenvalue weighted by Gasteiger charge is 1.91. The Labute approximate surface area is 40.2 Å². The van der Waals surface area contributed by atoms with Gasteiger partial charge < -0.3 is 5.73 Å². The lowest BCUT2D eigenvalue weighted by Gasteiger charge is -1.97. The lowest BCUT2D eigenvalue weighted by Crippen LogP contribution is -2.08. The average molecular weight is 84.0 g/mol. The van der Waals surface area contributed by atoms with Crippen LogP contribution < -0.4 is 5.73 Å². The molecular formula is C4H11BN. The molecule has 0 aliphatic heterocycles. The van der Waals surface area contributed by atoms with Gasteiger partial charge in [0.1, 0.15) is 7.28 Å². The molecule has 2 heteroatoms. The van der Waals surface area contributed by atoms with E-state index in [4.69, 9.17) is 5.73 Å². The van der Waals surface area contributed by atoms with Crippen LogP contribution in [0.15, 0.2) is 0 Å². The van der Waals surface area contributed by atoms with E-state index in [1.165, 1.54) is 0 Å². The van der Waals surface area contributed by atoms with Crippen molar-refractivity contribution in [3.8, 4) is 0 Å². The van der Waals surface area contributed by atoms with Crippen LogP contribution in [0.5, 0.6) is 0 Å². The van der Waals surface area contributed by atoms with Crippen LogP contribution in [0.4, 0.5) is 0 Å². The van der Waals surface area contributed by atoms with Gasteiger partial charge in [-0.2, -0.15) is 0 Å². The van der Waals surface area contributed by atoms with Crippen molar-refractivity contribution in [1.82, 2.24) is 0 Å². The number of hydrogen-bond donors (Lipinski definition) is 1. The van der Waals surface area contributed by atoms with Gasteiger partial charge in [0.2, 0.25) is 0 Å². The number of hydrogen-bond acceptors (Lipinski definition) is 1. The molecule has 0 aromatic rings. The fourth-order valence-electron chi connectivity index (χ4n) is 0.136. The van der Waals surface area contributed by atoms with Crippen molar-refractivity contribution in [3.05, 3.63) is 0 Å². The van der Waals surface area contributed by atoms with E-state index in [1.54, 1.807) is 0 Å². The largest absolute Gasteiger partial charge is 0.331 e. The number of rotatable bonds is 2. The summed E-state index contributed by atoms with van der Waals surface area (Å²) >= 11 is 0. The molecule has 0 spiro atoms. The zero-order valence-corrected chi connectivity index (χ0v) is 4.44. The van der Waals surface area contributed by atoms with E-state index in [2.05, 4.69) is 14.2 Å². The van der Waals surface area contributed by atoms with E-state index in [-0.39, 0.29) is 0 Å². The third kappa shape index (κ3) is 2.27. The molecule has 0 rings (SSSR count). The van der Waals surface area contributed by atoms with Crippen molar-refractivity contribution in [1.29, 1.82) is 0 Å². The van der Waals surface area contributed by atoms with Crippen LogP contribution >= 0.6 is 0 Å². The summed E-state index contributed by atoms with van der Waals surface area (Å²) in [5.41, 5.74) is 5.25. The lowest BCUT2D eigenvalue weighted by atomic mass is 9.68. The Morgan fingerprint density at radius 3 is 2.33 bits per heavy atom. The van der Waals surface area contributed by atoms with E-state index in [9.17, 15) is 0 Å². The summed E-state index contributed by atoms with van der Waals surface area (Å²) in [5.74, 6) is 0.588. The molecule has 0 aromatic carbocycles. The number of nitrogens with two attached hydrogens (primary N) is 1. The minimum Gasteiger partial charge on any atom is -0.331 e. The first-order chi connectivity index (χ1) is 2.81. The molecule has 0 heterocycles. The topological polar surface area (TPSA) is 26.0 Å². The Morgan fingerprint density at radius 1 is 1.83 bits per heavy atom. The van der Waals surface area contributed by atoms with Gasteiger partial charge in [0.15, 0.2) is 0 Å². The van der Waals surface area contributed by atoms with Gasteiger partial charge >= 0.3 is 0 Å². The Morgan fingerprint density at radius 2 is 2.33 bits per heavy atom. The molecule has 0 aromatic heterocycles. The van der Waals surface area contributed by atoms with Gasteiger partial charge in [0, 0.05) is 0 Å². The molecule has 0 unspecified atom stereocenters. The third-order valence-electron chi connectivity index (χ3n) is 0.941. The monoisotopic (exact) mass is 84.1 g/mol. The second-order valence-electron chi connectivity index (χ2n) is 1.55. The van der Waals surface area contributed by atoms with Crippen molar-refractivity contribution in [3.63, 3.8) is 0 Å². The SMILES string of the molecule is C[B][C@H](C)CN. The molecule has 0 aliphatic rings. The normalized spacial score (nSPS) is 13.8. The zero-order chi connectivity index (χ0) is 4.99. The smallest absolute Gasteiger partial charge is 0.111 e. The fraction of sp³-hybridized carbons (Fsp3) is 1.00. The maximum Gasteiger partial charge on any atom is 0.111 e. The predicted octanol–water partition coefficient (Wildman–Crippen LogP) is 0.506. The van der Waals surface area contributed by atoms with Gasteiger partial charge in [0.05, 0.1) is 0 Å². The summed E-state index contributed by atoms with van der Waals surface area (Å²) in [6.45, 7) is 4.90. The summed E-state index contributed by atoms with van der Waals surface area (Å²) in [4.78, 5) is 0. The molecule has 6 heavy (non-hydrogen) atoms. The van der Waals surface area contributed by atoms with E-state index in [1.807, 2.05) is 6.82 Å². The predicted molar refractivity (Wildman–Crippen MR) is 30.1 cm³/mol. The molecule has 0 aliphatic carbocycles. The lowest BCUT2D eigenvalue weighted by molar-refractivity contribution is 0.916. The minimum atomic E-state index is 0.588. The summed E-state index contributed by atoms with van der Waals surface area (Å²) in [6, 6.07) is 0. The molecule has 0 saturated carbocycles. The Bertz CT molecular complexity index is 26.7. The van der Waals surface area contributed by atoms with Crippen LogP contribution in [0, 0.1) is 0 Å². The molecule has 0 amide bonds. The van der Waals surface area contributed by atoms with E-state index in [0.717, 1.165) is 6.54 Å². The molecule has 2 N–H and O–H groups in total. The van der Waals surface area contributed by atoms with Crippen LogP contribution in [0.2, 0.25) is 12.6 Å². The van der Waals surface area contributed by atoms with Crippen molar-refractivity contribution in [2.75, 3.05) is 6.54 Å². The Balaban J connectivity index is 2.75. The Kier molecular flexibility index (Phi) is 3.24. The van der Waals surface area contributed by atoms with Crippen molar-refractivity contribution < 1.29 is 0 Å². The molecule has 0 bridgehead atoms. The van der Waals surface area contributed by atoms with Crippen LogP contribution in [-0.2, 0) is 0 Å². The van der Waals surface area contributed by atoms with Gasteiger partial charge in [-0.1, -0.05) is 19.6 Å². The molecular weight excluding hydrogens is 72.9 g/mol. The summed E-state index contributed by atoms with van der Waals surface area (Å²) < 4.78 is 0. The van der Waals surface area contributed by atoms with Crippen LogP contribution in [0.3, 0.4) is 0 Å². The highest BCUT2D eigenvalue weighted by Crippen LogP contribution is 1.92. The van der Waals surface area contributed by atoms with Crippen molar-refractivity contribution >= 4 is 7.28 Å². The van der Waals surface area contributed by atoms with Crippen LogP contribution in [-0.4, -0.2) is 13.8 Å². The van der Waals surface area contributed by atoms with E-state index < -0.39 is 0 Å². The first-order valence-electron chi connectivity index (χ1n) is 2.30. The summed E-state index contributed by atoms with van der Waals surface area (Å²) in [6.07, 6.45) is 0. The van der Waals surface area contributed by atoms with Gasteiger partial charge in [-0.05, 0) is 6.54 Å².